The Bertz CT molecular complexity index is 764. The van der Waals surface area contributed by atoms with Gasteiger partial charge < -0.3 is 19.9 Å². The predicted molar refractivity (Wildman–Crippen MR) is 106 cm³/mol. The molecule has 0 saturated carbocycles. The van der Waals surface area contributed by atoms with Crippen molar-refractivity contribution in [3.8, 4) is 16.9 Å². The summed E-state index contributed by atoms with van der Waals surface area (Å²) in [5, 5.41) is 13.1. The van der Waals surface area contributed by atoms with Crippen LogP contribution in [0.25, 0.3) is 11.1 Å². The summed E-state index contributed by atoms with van der Waals surface area (Å²) >= 11 is 13.5. The van der Waals surface area contributed by atoms with Crippen molar-refractivity contribution in [2.75, 3.05) is 20.3 Å². The number of halogens is 2. The van der Waals surface area contributed by atoms with E-state index in [0.29, 0.717) is 37.7 Å². The lowest BCUT2D eigenvalue weighted by molar-refractivity contribution is 0.0600. The maximum atomic E-state index is 12.0. The van der Waals surface area contributed by atoms with E-state index in [1.165, 1.54) is 18.4 Å². The number of nitrogens with one attached hydrogen (secondary N) is 1. The van der Waals surface area contributed by atoms with Gasteiger partial charge in [0.15, 0.2) is 0 Å². The molecule has 0 amide bonds. The van der Waals surface area contributed by atoms with E-state index >= 15 is 0 Å². The second-order valence-electron chi connectivity index (χ2n) is 6.00. The van der Waals surface area contributed by atoms with Gasteiger partial charge in [0.1, 0.15) is 22.8 Å². The van der Waals surface area contributed by atoms with Crippen LogP contribution in [0, 0.1) is 0 Å². The Hall–Kier alpha value is -1.31. The van der Waals surface area contributed by atoms with Crippen LogP contribution >= 0.6 is 34.5 Å². The second kappa shape index (κ2) is 9.58. The lowest BCUT2D eigenvalue weighted by Crippen LogP contribution is -2.35. The lowest BCUT2D eigenvalue weighted by Gasteiger charge is -2.16. The fourth-order valence-corrected chi connectivity index (χ4v) is 3.74. The molecule has 0 radical (unpaired) electrons. The zero-order valence-electron chi connectivity index (χ0n) is 14.7. The summed E-state index contributed by atoms with van der Waals surface area (Å²) in [7, 11) is 1.31. The minimum absolute atomic E-state index is 0.0852. The standard InChI is InChI=1S/C18H21Cl2NO4S/c1-10(2)21-8-13(22)9-25-14-5-11(4-12(6-14)18(23)24-3)15-7-16(19)26-17(15)20/h4-7,10,13,21-22H,8-9H2,1-3H3. The maximum Gasteiger partial charge on any atom is 0.338 e. The number of hydrogen-bond donors (Lipinski definition) is 2. The van der Waals surface area contributed by atoms with Crippen LogP contribution in [0.2, 0.25) is 8.67 Å². The van der Waals surface area contributed by atoms with E-state index in [1.807, 2.05) is 13.8 Å². The Morgan fingerprint density at radius 1 is 1.27 bits per heavy atom. The quantitative estimate of drug-likeness (QED) is 0.628. The Morgan fingerprint density at radius 2 is 2.00 bits per heavy atom. The number of carbonyl (C=O) groups is 1. The highest BCUT2D eigenvalue weighted by atomic mass is 35.5. The summed E-state index contributed by atoms with van der Waals surface area (Å²) in [6.07, 6.45) is -0.679. The van der Waals surface area contributed by atoms with Gasteiger partial charge >= 0.3 is 5.97 Å². The Labute approximate surface area is 166 Å². The molecule has 0 spiro atoms. The molecule has 0 saturated heterocycles. The highest BCUT2D eigenvalue weighted by Crippen LogP contribution is 2.39. The van der Waals surface area contributed by atoms with Gasteiger partial charge in [0.2, 0.25) is 0 Å². The zero-order valence-corrected chi connectivity index (χ0v) is 17.0. The van der Waals surface area contributed by atoms with E-state index in [1.54, 1.807) is 24.3 Å². The van der Waals surface area contributed by atoms with Crippen LogP contribution in [0.3, 0.4) is 0 Å². The van der Waals surface area contributed by atoms with E-state index in [2.05, 4.69) is 5.32 Å². The number of ether oxygens (including phenoxy) is 2. The molecule has 0 aliphatic rings. The van der Waals surface area contributed by atoms with Crippen molar-refractivity contribution >= 4 is 40.5 Å². The van der Waals surface area contributed by atoms with E-state index in [9.17, 15) is 9.90 Å². The minimum Gasteiger partial charge on any atom is -0.491 e. The first kappa shape index (κ1) is 21.0. The number of aliphatic hydroxyl groups excluding tert-OH is 1. The van der Waals surface area contributed by atoms with E-state index in [-0.39, 0.29) is 12.6 Å². The van der Waals surface area contributed by atoms with Crippen molar-refractivity contribution in [3.05, 3.63) is 38.5 Å². The summed E-state index contributed by atoms with van der Waals surface area (Å²) in [5.41, 5.74) is 1.72. The first-order chi connectivity index (χ1) is 12.3. The van der Waals surface area contributed by atoms with Crippen LogP contribution in [0.5, 0.6) is 5.75 Å². The van der Waals surface area contributed by atoms with Crippen molar-refractivity contribution in [1.29, 1.82) is 0 Å². The van der Waals surface area contributed by atoms with Gasteiger partial charge in [-0.15, -0.1) is 11.3 Å². The van der Waals surface area contributed by atoms with Crippen LogP contribution in [0.15, 0.2) is 24.3 Å². The molecule has 142 valence electrons. The average Bonchev–Trinajstić information content (AvgIpc) is 2.95. The fraction of sp³-hybridized carbons (Fsp3) is 0.389. The van der Waals surface area contributed by atoms with Crippen molar-refractivity contribution < 1.29 is 19.4 Å². The van der Waals surface area contributed by atoms with Crippen LogP contribution < -0.4 is 10.1 Å². The predicted octanol–water partition coefficient (Wildman–Crippen LogP) is 4.25. The molecule has 26 heavy (non-hydrogen) atoms. The maximum absolute atomic E-state index is 12.0. The molecule has 0 aliphatic heterocycles. The molecule has 1 heterocycles. The lowest BCUT2D eigenvalue weighted by atomic mass is 10.1. The third kappa shape index (κ3) is 5.86. The number of esters is 1. The summed E-state index contributed by atoms with van der Waals surface area (Å²) in [5.74, 6) is -0.0546. The normalized spacial score (nSPS) is 12.3. The van der Waals surface area contributed by atoms with Crippen molar-refractivity contribution in [1.82, 2.24) is 5.32 Å². The molecular weight excluding hydrogens is 397 g/mol. The number of benzene rings is 1. The molecule has 0 bridgehead atoms. The molecule has 2 N–H and O–H groups in total. The number of hydrogen-bond acceptors (Lipinski definition) is 6. The fourth-order valence-electron chi connectivity index (χ4n) is 2.23. The van der Waals surface area contributed by atoms with E-state index in [4.69, 9.17) is 32.7 Å². The van der Waals surface area contributed by atoms with Crippen LogP contribution in [-0.4, -0.2) is 43.5 Å². The van der Waals surface area contributed by atoms with Gasteiger partial charge in [-0.2, -0.15) is 0 Å². The van der Waals surface area contributed by atoms with Gasteiger partial charge in [-0.1, -0.05) is 37.0 Å². The highest BCUT2D eigenvalue weighted by Gasteiger charge is 2.15. The van der Waals surface area contributed by atoms with Gasteiger partial charge in [-0.3, -0.25) is 0 Å². The smallest absolute Gasteiger partial charge is 0.338 e. The zero-order chi connectivity index (χ0) is 19.3. The number of aliphatic hydroxyl groups is 1. The second-order valence-corrected chi connectivity index (χ2v) is 8.29. The Kier molecular flexibility index (Phi) is 7.73. The summed E-state index contributed by atoms with van der Waals surface area (Å²) in [4.78, 5) is 12.0. The third-order valence-electron chi connectivity index (χ3n) is 3.50. The van der Waals surface area contributed by atoms with Gasteiger partial charge in [0, 0.05) is 18.2 Å². The molecular formula is C18H21Cl2NO4S. The monoisotopic (exact) mass is 417 g/mol. The van der Waals surface area contributed by atoms with Gasteiger partial charge in [0.05, 0.1) is 17.0 Å². The molecule has 2 rings (SSSR count). The summed E-state index contributed by atoms with van der Waals surface area (Å²) in [6.45, 7) is 4.49. The molecule has 8 heteroatoms. The topological polar surface area (TPSA) is 67.8 Å². The van der Waals surface area contributed by atoms with Crippen LogP contribution in [-0.2, 0) is 4.74 Å². The van der Waals surface area contributed by atoms with Crippen molar-refractivity contribution in [2.24, 2.45) is 0 Å². The highest BCUT2D eigenvalue weighted by molar-refractivity contribution is 7.20. The van der Waals surface area contributed by atoms with Gasteiger partial charge in [-0.25, -0.2) is 4.79 Å². The number of rotatable bonds is 8. The summed E-state index contributed by atoms with van der Waals surface area (Å²) in [6, 6.07) is 6.99. The first-order valence-electron chi connectivity index (χ1n) is 8.03. The van der Waals surface area contributed by atoms with Gasteiger partial charge in [-0.05, 0) is 29.8 Å². The van der Waals surface area contributed by atoms with Crippen molar-refractivity contribution in [2.45, 2.75) is 26.0 Å². The SMILES string of the molecule is COC(=O)c1cc(OCC(O)CNC(C)C)cc(-c2cc(Cl)sc2Cl)c1. The Balaban J connectivity index is 2.24. The Morgan fingerprint density at radius 3 is 2.58 bits per heavy atom. The third-order valence-corrected chi connectivity index (χ3v) is 4.99. The largest absolute Gasteiger partial charge is 0.491 e. The molecule has 1 aromatic carbocycles. The van der Waals surface area contributed by atoms with Gasteiger partial charge in [0.25, 0.3) is 0 Å². The molecule has 1 aromatic heterocycles. The average molecular weight is 418 g/mol. The summed E-state index contributed by atoms with van der Waals surface area (Å²) < 4.78 is 11.5. The molecule has 1 atom stereocenters. The molecule has 2 aromatic rings. The number of carbonyl (C=O) groups excluding carboxylic acids is 1. The molecule has 5 nitrogen and oxygen atoms in total. The molecule has 0 fully saturated rings. The van der Waals surface area contributed by atoms with E-state index < -0.39 is 12.1 Å². The molecule has 1 unspecified atom stereocenters. The number of methoxy groups -OCH3 is 1. The minimum atomic E-state index is -0.679. The first-order valence-corrected chi connectivity index (χ1v) is 9.60. The number of thiophene rings is 1. The molecule has 0 aliphatic carbocycles. The van der Waals surface area contributed by atoms with Crippen LogP contribution in [0.1, 0.15) is 24.2 Å². The van der Waals surface area contributed by atoms with E-state index in [0.717, 1.165) is 0 Å². The van der Waals surface area contributed by atoms with Crippen molar-refractivity contribution in [3.63, 3.8) is 0 Å². The van der Waals surface area contributed by atoms with Crippen LogP contribution in [0.4, 0.5) is 0 Å².